The molecule has 1 heterocycles. The van der Waals surface area contributed by atoms with E-state index in [1.807, 2.05) is 19.9 Å². The van der Waals surface area contributed by atoms with E-state index in [1.54, 1.807) is 38.5 Å². The molecule has 1 unspecified atom stereocenters. The summed E-state index contributed by atoms with van der Waals surface area (Å²) in [7, 11) is 3.13. The Kier molecular flexibility index (Phi) is 5.33. The lowest BCUT2D eigenvalue weighted by atomic mass is 9.69. The Morgan fingerprint density at radius 3 is 2.48 bits per heavy atom. The number of benzene rings is 2. The zero-order valence-electron chi connectivity index (χ0n) is 18.2. The van der Waals surface area contributed by atoms with Gasteiger partial charge in [0.2, 0.25) is 5.91 Å². The van der Waals surface area contributed by atoms with Gasteiger partial charge in [0, 0.05) is 41.7 Å². The first-order valence-corrected chi connectivity index (χ1v) is 10.3. The van der Waals surface area contributed by atoms with Crippen molar-refractivity contribution in [1.82, 2.24) is 0 Å². The standard InChI is InChI=1S/C25H26FNO4/c1-25(2)13-20-24(21(28)14-25)19(18-9-8-17(30-3)11-22(18)31-4)12-23(29)27(20)16-7-5-6-15(26)10-16/h5-11,19H,12-14H2,1-4H3. The van der Waals surface area contributed by atoms with E-state index in [9.17, 15) is 14.0 Å². The fourth-order valence-electron chi connectivity index (χ4n) is 4.70. The number of amides is 1. The summed E-state index contributed by atoms with van der Waals surface area (Å²) in [6.45, 7) is 4.03. The molecule has 1 aliphatic heterocycles. The molecule has 0 saturated heterocycles. The molecule has 1 atom stereocenters. The van der Waals surface area contributed by atoms with Crippen LogP contribution in [0.25, 0.3) is 0 Å². The molecule has 2 aliphatic rings. The number of nitrogens with zero attached hydrogens (tertiary/aromatic N) is 1. The molecule has 0 bridgehead atoms. The predicted molar refractivity (Wildman–Crippen MR) is 116 cm³/mol. The minimum atomic E-state index is -0.423. The van der Waals surface area contributed by atoms with Crippen LogP contribution in [0, 0.1) is 11.2 Å². The number of methoxy groups -OCH3 is 2. The Labute approximate surface area is 181 Å². The Hall–Kier alpha value is -3.15. The van der Waals surface area contributed by atoms with E-state index < -0.39 is 11.7 Å². The number of allylic oxidation sites excluding steroid dienone is 2. The molecular formula is C25H26FNO4. The van der Waals surface area contributed by atoms with Gasteiger partial charge in [-0.15, -0.1) is 0 Å². The number of Topliss-reactive ketones (excluding diaryl/α,β-unsaturated/α-hetero) is 1. The molecule has 4 rings (SSSR count). The number of rotatable bonds is 4. The van der Waals surface area contributed by atoms with E-state index in [4.69, 9.17) is 9.47 Å². The molecule has 5 nitrogen and oxygen atoms in total. The topological polar surface area (TPSA) is 55.8 Å². The maximum atomic E-state index is 14.0. The van der Waals surface area contributed by atoms with Crippen LogP contribution in [0.1, 0.15) is 44.6 Å². The van der Waals surface area contributed by atoms with Crippen molar-refractivity contribution >= 4 is 17.4 Å². The van der Waals surface area contributed by atoms with Crippen molar-refractivity contribution in [1.29, 1.82) is 0 Å². The van der Waals surface area contributed by atoms with Gasteiger partial charge in [0.25, 0.3) is 0 Å². The second-order valence-electron chi connectivity index (χ2n) is 8.87. The van der Waals surface area contributed by atoms with E-state index in [0.717, 1.165) is 5.56 Å². The first-order valence-electron chi connectivity index (χ1n) is 10.3. The zero-order chi connectivity index (χ0) is 22.3. The molecule has 31 heavy (non-hydrogen) atoms. The molecule has 6 heteroatoms. The molecule has 0 saturated carbocycles. The van der Waals surface area contributed by atoms with Crippen molar-refractivity contribution in [2.24, 2.45) is 5.41 Å². The highest BCUT2D eigenvalue weighted by Crippen LogP contribution is 2.49. The van der Waals surface area contributed by atoms with Crippen LogP contribution >= 0.6 is 0 Å². The molecule has 2 aromatic rings. The summed E-state index contributed by atoms with van der Waals surface area (Å²) in [5.74, 6) is 0.209. The molecule has 0 aromatic heterocycles. The smallest absolute Gasteiger partial charge is 0.232 e. The van der Waals surface area contributed by atoms with Gasteiger partial charge in [0.1, 0.15) is 17.3 Å². The molecule has 0 N–H and O–H groups in total. The van der Waals surface area contributed by atoms with E-state index >= 15 is 0 Å². The monoisotopic (exact) mass is 423 g/mol. The molecule has 162 valence electrons. The summed E-state index contributed by atoms with van der Waals surface area (Å²) in [5, 5.41) is 0. The lowest BCUT2D eigenvalue weighted by molar-refractivity contribution is -0.121. The summed E-state index contributed by atoms with van der Waals surface area (Å²) in [5.41, 5.74) is 2.20. The quantitative estimate of drug-likeness (QED) is 0.694. The highest BCUT2D eigenvalue weighted by molar-refractivity contribution is 6.08. The van der Waals surface area contributed by atoms with Gasteiger partial charge in [-0.2, -0.15) is 0 Å². The normalized spacial score (nSPS) is 20.5. The van der Waals surface area contributed by atoms with Gasteiger partial charge >= 0.3 is 0 Å². The van der Waals surface area contributed by atoms with E-state index in [2.05, 4.69) is 0 Å². The van der Waals surface area contributed by atoms with Crippen LogP contribution in [0.2, 0.25) is 0 Å². The molecule has 0 fully saturated rings. The second kappa shape index (κ2) is 7.84. The summed E-state index contributed by atoms with van der Waals surface area (Å²) in [6.07, 6.45) is 1.04. The second-order valence-corrected chi connectivity index (χ2v) is 8.87. The minimum Gasteiger partial charge on any atom is -0.497 e. The first-order chi connectivity index (χ1) is 14.7. The van der Waals surface area contributed by atoms with Crippen LogP contribution in [-0.2, 0) is 9.59 Å². The van der Waals surface area contributed by atoms with Crippen molar-refractivity contribution in [3.05, 3.63) is 65.1 Å². The maximum absolute atomic E-state index is 14.0. The lowest BCUT2D eigenvalue weighted by Gasteiger charge is -2.43. The maximum Gasteiger partial charge on any atom is 0.232 e. The van der Waals surface area contributed by atoms with Crippen LogP contribution in [-0.4, -0.2) is 25.9 Å². The van der Waals surface area contributed by atoms with Crippen LogP contribution < -0.4 is 14.4 Å². The van der Waals surface area contributed by atoms with Crippen molar-refractivity contribution in [3.8, 4) is 11.5 Å². The van der Waals surface area contributed by atoms with Crippen LogP contribution in [0.3, 0.4) is 0 Å². The third kappa shape index (κ3) is 3.82. The number of carbonyl (C=O) groups excluding carboxylic acids is 2. The number of anilines is 1. The SMILES string of the molecule is COc1ccc(C2CC(=O)N(c3cccc(F)c3)C3=C2C(=O)CC(C)(C)C3)c(OC)c1. The number of hydrogen-bond donors (Lipinski definition) is 0. The average Bonchev–Trinajstić information content (AvgIpc) is 2.71. The minimum absolute atomic E-state index is 0.0167. The number of halogens is 1. The highest BCUT2D eigenvalue weighted by Gasteiger charge is 2.45. The molecule has 1 aliphatic carbocycles. The Morgan fingerprint density at radius 1 is 1.03 bits per heavy atom. The van der Waals surface area contributed by atoms with Crippen LogP contribution in [0.15, 0.2) is 53.7 Å². The summed E-state index contributed by atoms with van der Waals surface area (Å²) < 4.78 is 24.8. The van der Waals surface area contributed by atoms with Crippen LogP contribution in [0.5, 0.6) is 11.5 Å². The molecular weight excluding hydrogens is 397 g/mol. The number of ketones is 1. The van der Waals surface area contributed by atoms with E-state index in [1.165, 1.54) is 17.0 Å². The average molecular weight is 423 g/mol. The number of ether oxygens (including phenoxy) is 2. The Morgan fingerprint density at radius 2 is 1.81 bits per heavy atom. The largest absolute Gasteiger partial charge is 0.497 e. The van der Waals surface area contributed by atoms with Crippen molar-refractivity contribution in [2.45, 2.75) is 39.0 Å². The van der Waals surface area contributed by atoms with Crippen LogP contribution in [0.4, 0.5) is 10.1 Å². The predicted octanol–water partition coefficient (Wildman–Crippen LogP) is 5.01. The van der Waals surface area contributed by atoms with Gasteiger partial charge < -0.3 is 9.47 Å². The number of carbonyl (C=O) groups is 2. The molecule has 2 aromatic carbocycles. The third-order valence-electron chi connectivity index (χ3n) is 6.03. The first kappa shape index (κ1) is 21.1. The fraction of sp³-hybridized carbons (Fsp3) is 0.360. The molecule has 1 amide bonds. The number of hydrogen-bond acceptors (Lipinski definition) is 4. The molecule has 0 radical (unpaired) electrons. The highest BCUT2D eigenvalue weighted by atomic mass is 19.1. The van der Waals surface area contributed by atoms with Gasteiger partial charge in [-0.05, 0) is 36.1 Å². The summed E-state index contributed by atoms with van der Waals surface area (Å²) in [6, 6.07) is 11.4. The zero-order valence-corrected chi connectivity index (χ0v) is 18.2. The Balaban J connectivity index is 1.91. The van der Waals surface area contributed by atoms with Gasteiger partial charge in [0.05, 0.1) is 19.9 Å². The third-order valence-corrected chi connectivity index (χ3v) is 6.03. The van der Waals surface area contributed by atoms with Crippen molar-refractivity contribution < 1.29 is 23.5 Å². The lowest BCUT2D eigenvalue weighted by Crippen LogP contribution is -2.43. The van der Waals surface area contributed by atoms with E-state index in [0.29, 0.717) is 41.3 Å². The van der Waals surface area contributed by atoms with Gasteiger partial charge in [-0.3, -0.25) is 14.5 Å². The summed E-state index contributed by atoms with van der Waals surface area (Å²) >= 11 is 0. The van der Waals surface area contributed by atoms with Crippen molar-refractivity contribution in [2.75, 3.05) is 19.1 Å². The molecule has 0 spiro atoms. The fourth-order valence-corrected chi connectivity index (χ4v) is 4.70. The van der Waals surface area contributed by atoms with Gasteiger partial charge in [-0.1, -0.05) is 26.0 Å². The van der Waals surface area contributed by atoms with Crippen molar-refractivity contribution in [3.63, 3.8) is 0 Å². The Bertz CT molecular complexity index is 1090. The van der Waals surface area contributed by atoms with Gasteiger partial charge in [-0.25, -0.2) is 4.39 Å². The van der Waals surface area contributed by atoms with E-state index in [-0.39, 0.29) is 23.5 Å². The summed E-state index contributed by atoms with van der Waals surface area (Å²) in [4.78, 5) is 28.3. The van der Waals surface area contributed by atoms with Gasteiger partial charge in [0.15, 0.2) is 5.78 Å².